The number of rotatable bonds is 4. The summed E-state index contributed by atoms with van der Waals surface area (Å²) in [7, 11) is 1.27. The Hall–Kier alpha value is -2.71. The summed E-state index contributed by atoms with van der Waals surface area (Å²) >= 11 is 5.99. The standard InChI is InChI=1S/C24H30ClN5O3/c1-33-23(32)18-16-17(25)8-9-19(18)27-22(31)20-10-11-21(29-28-20)30-15-14-26-24(30)12-6-4-2-3-5-7-13-24/h8-11,16,26H,2-7,12-15H2,1H3,(H,27,31). The van der Waals surface area contributed by atoms with Crippen molar-refractivity contribution in [2.24, 2.45) is 0 Å². The molecule has 8 nitrogen and oxygen atoms in total. The quantitative estimate of drug-likeness (QED) is 0.637. The van der Waals surface area contributed by atoms with Gasteiger partial charge in [0.15, 0.2) is 11.5 Å². The molecule has 1 amide bonds. The highest BCUT2D eigenvalue weighted by Gasteiger charge is 2.40. The molecule has 1 saturated carbocycles. The van der Waals surface area contributed by atoms with Crippen molar-refractivity contribution < 1.29 is 14.3 Å². The molecule has 9 heteroatoms. The Morgan fingerprint density at radius 2 is 1.79 bits per heavy atom. The Kier molecular flexibility index (Phi) is 7.45. The SMILES string of the molecule is COC(=O)c1cc(Cl)ccc1NC(=O)c1ccc(N2CCNC23CCCCCCCC3)nn1. The number of carbonyl (C=O) groups excluding carboxylic acids is 2. The van der Waals surface area contributed by atoms with Gasteiger partial charge in [-0.3, -0.25) is 10.1 Å². The molecule has 1 aliphatic carbocycles. The highest BCUT2D eigenvalue weighted by atomic mass is 35.5. The molecule has 1 spiro atoms. The zero-order valence-electron chi connectivity index (χ0n) is 18.9. The maximum Gasteiger partial charge on any atom is 0.340 e. The number of nitrogens with one attached hydrogen (secondary N) is 2. The van der Waals surface area contributed by atoms with Crippen LogP contribution in [0.4, 0.5) is 11.5 Å². The summed E-state index contributed by atoms with van der Waals surface area (Å²) < 4.78 is 4.78. The highest BCUT2D eigenvalue weighted by Crippen LogP contribution is 2.34. The van der Waals surface area contributed by atoms with E-state index in [-0.39, 0.29) is 16.9 Å². The molecule has 1 saturated heterocycles. The summed E-state index contributed by atoms with van der Waals surface area (Å²) in [5.74, 6) is -0.271. The predicted octanol–water partition coefficient (Wildman–Crippen LogP) is 4.41. The normalized spacial score (nSPS) is 18.3. The van der Waals surface area contributed by atoms with Gasteiger partial charge in [-0.2, -0.15) is 0 Å². The van der Waals surface area contributed by atoms with Crippen LogP contribution in [-0.4, -0.2) is 47.9 Å². The van der Waals surface area contributed by atoms with Crippen molar-refractivity contribution >= 4 is 35.0 Å². The zero-order valence-corrected chi connectivity index (χ0v) is 19.7. The highest BCUT2D eigenvalue weighted by molar-refractivity contribution is 6.31. The minimum Gasteiger partial charge on any atom is -0.465 e. The van der Waals surface area contributed by atoms with Crippen molar-refractivity contribution in [3.05, 3.63) is 46.6 Å². The Morgan fingerprint density at radius 3 is 2.45 bits per heavy atom. The number of hydrogen-bond acceptors (Lipinski definition) is 7. The van der Waals surface area contributed by atoms with Crippen LogP contribution in [-0.2, 0) is 4.74 Å². The number of methoxy groups -OCH3 is 1. The average molecular weight is 472 g/mol. The molecule has 1 aliphatic heterocycles. The maximum absolute atomic E-state index is 12.8. The first-order chi connectivity index (χ1) is 16.0. The lowest BCUT2D eigenvalue weighted by Gasteiger charge is -2.39. The number of nitrogens with zero attached hydrogens (tertiary/aromatic N) is 3. The lowest BCUT2D eigenvalue weighted by molar-refractivity contribution is 0.0602. The number of esters is 1. The van der Waals surface area contributed by atoms with Crippen LogP contribution in [0.25, 0.3) is 0 Å². The van der Waals surface area contributed by atoms with Gasteiger partial charge in [-0.15, -0.1) is 10.2 Å². The van der Waals surface area contributed by atoms with Gasteiger partial charge in [-0.25, -0.2) is 4.79 Å². The second kappa shape index (κ2) is 10.5. The minimum absolute atomic E-state index is 0.0818. The maximum atomic E-state index is 12.8. The summed E-state index contributed by atoms with van der Waals surface area (Å²) in [5.41, 5.74) is 0.561. The average Bonchev–Trinajstić information content (AvgIpc) is 3.29. The van der Waals surface area contributed by atoms with Gasteiger partial charge in [0.05, 0.1) is 24.0 Å². The lowest BCUT2D eigenvalue weighted by Crippen LogP contribution is -2.52. The molecular formula is C24H30ClN5O3. The van der Waals surface area contributed by atoms with Crippen molar-refractivity contribution in [3.8, 4) is 0 Å². The van der Waals surface area contributed by atoms with Crippen LogP contribution in [0.2, 0.25) is 5.02 Å². The number of carbonyl (C=O) groups is 2. The molecule has 0 radical (unpaired) electrons. The summed E-state index contributed by atoms with van der Waals surface area (Å²) in [6.45, 7) is 1.78. The molecule has 2 heterocycles. The van der Waals surface area contributed by atoms with E-state index in [0.717, 1.165) is 31.7 Å². The molecule has 0 bridgehead atoms. The fourth-order valence-electron chi connectivity index (χ4n) is 4.84. The molecule has 2 fully saturated rings. The van der Waals surface area contributed by atoms with E-state index in [4.69, 9.17) is 16.3 Å². The first-order valence-electron chi connectivity index (χ1n) is 11.6. The third kappa shape index (κ3) is 5.28. The lowest BCUT2D eigenvalue weighted by atomic mass is 9.96. The second-order valence-corrected chi connectivity index (χ2v) is 9.08. The van der Waals surface area contributed by atoms with Crippen LogP contribution in [0.15, 0.2) is 30.3 Å². The number of hydrogen-bond donors (Lipinski definition) is 2. The number of halogens is 1. The van der Waals surface area contributed by atoms with Gasteiger partial charge in [0.1, 0.15) is 0 Å². The van der Waals surface area contributed by atoms with E-state index >= 15 is 0 Å². The Balaban J connectivity index is 1.50. The number of benzene rings is 1. The van der Waals surface area contributed by atoms with E-state index < -0.39 is 11.9 Å². The molecule has 176 valence electrons. The predicted molar refractivity (Wildman–Crippen MR) is 128 cm³/mol. The fraction of sp³-hybridized carbons (Fsp3) is 0.500. The Labute approximate surface area is 199 Å². The molecule has 2 N–H and O–H groups in total. The molecule has 0 unspecified atom stereocenters. The van der Waals surface area contributed by atoms with Crippen molar-refractivity contribution in [3.63, 3.8) is 0 Å². The van der Waals surface area contributed by atoms with Crippen LogP contribution in [0.1, 0.15) is 72.2 Å². The third-order valence-corrected chi connectivity index (χ3v) is 6.77. The van der Waals surface area contributed by atoms with Crippen LogP contribution in [0.3, 0.4) is 0 Å². The number of amides is 1. The number of ether oxygens (including phenoxy) is 1. The molecule has 0 atom stereocenters. The van der Waals surface area contributed by atoms with E-state index in [0.29, 0.717) is 10.7 Å². The Bertz CT molecular complexity index is 988. The van der Waals surface area contributed by atoms with Gasteiger partial charge in [-0.05, 0) is 56.0 Å². The monoisotopic (exact) mass is 471 g/mol. The summed E-state index contributed by atoms with van der Waals surface area (Å²) in [6, 6.07) is 8.13. The minimum atomic E-state index is -0.587. The van der Waals surface area contributed by atoms with Crippen molar-refractivity contribution in [1.82, 2.24) is 15.5 Å². The van der Waals surface area contributed by atoms with Gasteiger partial charge < -0.3 is 15.0 Å². The van der Waals surface area contributed by atoms with Crippen LogP contribution in [0, 0.1) is 0 Å². The van der Waals surface area contributed by atoms with E-state index in [1.165, 1.54) is 51.7 Å². The largest absolute Gasteiger partial charge is 0.465 e. The van der Waals surface area contributed by atoms with Gasteiger partial charge in [-0.1, -0.05) is 37.3 Å². The van der Waals surface area contributed by atoms with E-state index in [1.807, 2.05) is 6.07 Å². The van der Waals surface area contributed by atoms with Crippen LogP contribution < -0.4 is 15.5 Å². The van der Waals surface area contributed by atoms with Gasteiger partial charge >= 0.3 is 5.97 Å². The van der Waals surface area contributed by atoms with E-state index in [2.05, 4.69) is 25.7 Å². The van der Waals surface area contributed by atoms with Crippen molar-refractivity contribution in [1.29, 1.82) is 0 Å². The fourth-order valence-corrected chi connectivity index (χ4v) is 5.01. The first kappa shape index (κ1) is 23.4. The first-order valence-corrected chi connectivity index (χ1v) is 12.0. The molecule has 2 aliphatic rings. The van der Waals surface area contributed by atoms with Gasteiger partial charge in [0.25, 0.3) is 5.91 Å². The smallest absolute Gasteiger partial charge is 0.340 e. The number of aromatic nitrogens is 2. The van der Waals surface area contributed by atoms with Crippen molar-refractivity contribution in [2.75, 3.05) is 30.4 Å². The third-order valence-electron chi connectivity index (χ3n) is 6.53. The molecule has 33 heavy (non-hydrogen) atoms. The van der Waals surface area contributed by atoms with Gasteiger partial charge in [0, 0.05) is 18.1 Å². The second-order valence-electron chi connectivity index (χ2n) is 8.64. The Morgan fingerprint density at radius 1 is 1.06 bits per heavy atom. The molecule has 2 aromatic rings. The van der Waals surface area contributed by atoms with Gasteiger partial charge in [0.2, 0.25) is 0 Å². The summed E-state index contributed by atoms with van der Waals surface area (Å²) in [4.78, 5) is 27.1. The zero-order chi connectivity index (χ0) is 23.3. The topological polar surface area (TPSA) is 96.5 Å². The molecular weight excluding hydrogens is 442 g/mol. The summed E-state index contributed by atoms with van der Waals surface area (Å²) in [5, 5.41) is 15.4. The molecule has 1 aromatic carbocycles. The number of anilines is 2. The van der Waals surface area contributed by atoms with Crippen molar-refractivity contribution in [2.45, 2.75) is 57.0 Å². The van der Waals surface area contributed by atoms with E-state index in [9.17, 15) is 9.59 Å². The summed E-state index contributed by atoms with van der Waals surface area (Å²) in [6.07, 6.45) is 9.71. The molecule has 1 aromatic heterocycles. The van der Waals surface area contributed by atoms with Crippen LogP contribution in [0.5, 0.6) is 0 Å². The van der Waals surface area contributed by atoms with E-state index in [1.54, 1.807) is 18.2 Å². The molecule has 4 rings (SSSR count). The van der Waals surface area contributed by atoms with Crippen LogP contribution >= 0.6 is 11.6 Å².